The molecule has 0 unspecified atom stereocenters. The molecule has 2 aromatic rings. The van der Waals surface area contributed by atoms with Crippen molar-refractivity contribution in [3.8, 4) is 11.5 Å². The van der Waals surface area contributed by atoms with Crippen LogP contribution in [-0.2, 0) is 6.18 Å². The van der Waals surface area contributed by atoms with E-state index in [1.54, 1.807) is 35.3 Å². The summed E-state index contributed by atoms with van der Waals surface area (Å²) in [6.07, 6.45) is -1.52. The number of nitrogens with zero attached hydrogens (tertiary/aromatic N) is 1. The molecule has 8 heteroatoms. The fraction of sp³-hybridized carbons (Fsp3) is 0.409. The monoisotopic (exact) mass is 424 g/mol. The highest BCUT2D eigenvalue weighted by Crippen LogP contribution is 2.44. The summed E-state index contributed by atoms with van der Waals surface area (Å²) >= 11 is 0. The maximum atomic E-state index is 13.9. The lowest BCUT2D eigenvalue weighted by molar-refractivity contribution is -0.138. The van der Waals surface area contributed by atoms with Crippen LogP contribution in [0.3, 0.4) is 0 Å². The number of ether oxygens (including phenoxy) is 1. The van der Waals surface area contributed by atoms with E-state index in [4.69, 9.17) is 4.74 Å². The van der Waals surface area contributed by atoms with Gasteiger partial charge < -0.3 is 14.9 Å². The highest BCUT2D eigenvalue weighted by Gasteiger charge is 2.38. The minimum Gasteiger partial charge on any atom is -0.478 e. The third kappa shape index (κ3) is 6.38. The molecule has 0 saturated heterocycles. The Bertz CT molecular complexity index is 826. The van der Waals surface area contributed by atoms with E-state index in [2.05, 4.69) is 5.43 Å². The largest absolute Gasteiger partial charge is 0.478 e. The number of carbonyl (C=O) groups is 1. The molecule has 5 nitrogen and oxygen atoms in total. The molecule has 0 amide bonds. The molecule has 0 heterocycles. The van der Waals surface area contributed by atoms with Gasteiger partial charge in [0.1, 0.15) is 11.3 Å². The quantitative estimate of drug-likeness (QED) is 0.337. The number of carboxylic acids is 1. The average molecular weight is 424 g/mol. The fourth-order valence-electron chi connectivity index (χ4n) is 2.85. The van der Waals surface area contributed by atoms with Crippen LogP contribution in [0, 0.1) is 0 Å². The summed E-state index contributed by atoms with van der Waals surface area (Å²) in [7, 11) is 0. The van der Waals surface area contributed by atoms with Crippen LogP contribution in [0.25, 0.3) is 0 Å². The van der Waals surface area contributed by atoms with Crippen molar-refractivity contribution in [2.24, 2.45) is 0 Å². The summed E-state index contributed by atoms with van der Waals surface area (Å²) < 4.78 is 47.3. The van der Waals surface area contributed by atoms with Crippen LogP contribution in [0.5, 0.6) is 11.5 Å². The topological polar surface area (TPSA) is 61.8 Å². The van der Waals surface area contributed by atoms with Crippen LogP contribution >= 0.6 is 0 Å². The first kappa shape index (κ1) is 23.5. The molecule has 0 spiro atoms. The van der Waals surface area contributed by atoms with Crippen molar-refractivity contribution in [2.45, 2.75) is 45.7 Å². The van der Waals surface area contributed by atoms with Gasteiger partial charge in [-0.1, -0.05) is 44.9 Å². The summed E-state index contributed by atoms with van der Waals surface area (Å²) in [5.74, 6) is -1.62. The van der Waals surface area contributed by atoms with E-state index in [0.717, 1.165) is 19.3 Å². The molecule has 0 saturated carbocycles. The van der Waals surface area contributed by atoms with Gasteiger partial charge in [0, 0.05) is 13.1 Å². The zero-order chi connectivity index (χ0) is 22.1. The standard InChI is InChI=1S/C22H27F3N2O3/c1-3-5-12-26-27(13-6-4-2)19-15-16(21(28)29)14-18(22(23,24)25)20(19)30-17-10-8-7-9-11-17/h7-11,14-15,26H,3-6,12-13H2,1-2H3,(H,28,29). The van der Waals surface area contributed by atoms with E-state index in [0.29, 0.717) is 25.6 Å². The van der Waals surface area contributed by atoms with Gasteiger partial charge in [-0.05, 0) is 37.1 Å². The van der Waals surface area contributed by atoms with Crippen molar-refractivity contribution in [1.29, 1.82) is 0 Å². The van der Waals surface area contributed by atoms with Gasteiger partial charge in [-0.3, -0.25) is 0 Å². The Morgan fingerprint density at radius 3 is 2.33 bits per heavy atom. The molecular weight excluding hydrogens is 397 g/mol. The Morgan fingerprint density at radius 2 is 1.77 bits per heavy atom. The lowest BCUT2D eigenvalue weighted by Crippen LogP contribution is -2.40. The van der Waals surface area contributed by atoms with Crippen LogP contribution in [0.4, 0.5) is 18.9 Å². The van der Waals surface area contributed by atoms with Gasteiger partial charge in [0.05, 0.1) is 11.3 Å². The van der Waals surface area contributed by atoms with Gasteiger partial charge in [0.15, 0.2) is 5.75 Å². The molecule has 0 aliphatic carbocycles. The second kappa shape index (κ2) is 10.9. The number of rotatable bonds is 11. The van der Waals surface area contributed by atoms with Gasteiger partial charge in [0.2, 0.25) is 0 Å². The number of alkyl halides is 3. The molecule has 164 valence electrons. The summed E-state index contributed by atoms with van der Waals surface area (Å²) in [6, 6.07) is 9.99. The van der Waals surface area contributed by atoms with Crippen molar-refractivity contribution in [3.63, 3.8) is 0 Å². The molecule has 0 fully saturated rings. The molecule has 0 aliphatic rings. The number of hydrogen-bond donors (Lipinski definition) is 2. The molecule has 2 aromatic carbocycles. The predicted octanol–water partition coefficient (Wildman–Crippen LogP) is 6.11. The number of hydrazine groups is 1. The molecule has 0 atom stereocenters. The third-order valence-electron chi connectivity index (χ3n) is 4.44. The smallest absolute Gasteiger partial charge is 0.420 e. The molecule has 2 N–H and O–H groups in total. The number of aromatic carboxylic acids is 1. The Morgan fingerprint density at radius 1 is 1.10 bits per heavy atom. The predicted molar refractivity (Wildman–Crippen MR) is 110 cm³/mol. The van der Waals surface area contributed by atoms with Crippen LogP contribution in [0.1, 0.15) is 55.5 Å². The summed E-state index contributed by atoms with van der Waals surface area (Å²) in [5, 5.41) is 11.0. The van der Waals surface area contributed by atoms with E-state index in [-0.39, 0.29) is 11.4 Å². The van der Waals surface area contributed by atoms with Gasteiger partial charge in [-0.25, -0.2) is 10.2 Å². The first-order valence-corrected chi connectivity index (χ1v) is 10.00. The first-order valence-electron chi connectivity index (χ1n) is 10.00. The number of para-hydroxylation sites is 1. The molecule has 0 aliphatic heterocycles. The summed E-state index contributed by atoms with van der Waals surface area (Å²) in [5.41, 5.74) is 1.61. The number of carboxylic acid groups (broad SMARTS) is 1. The lowest BCUT2D eigenvalue weighted by atomic mass is 10.1. The van der Waals surface area contributed by atoms with E-state index >= 15 is 0 Å². The second-order valence-electron chi connectivity index (χ2n) is 6.86. The number of anilines is 1. The highest BCUT2D eigenvalue weighted by molar-refractivity contribution is 5.90. The molecule has 30 heavy (non-hydrogen) atoms. The molecule has 0 radical (unpaired) electrons. The van der Waals surface area contributed by atoms with Crippen molar-refractivity contribution in [3.05, 3.63) is 53.6 Å². The second-order valence-corrected chi connectivity index (χ2v) is 6.86. The molecule has 0 bridgehead atoms. The van der Waals surface area contributed by atoms with Gasteiger partial charge in [-0.2, -0.15) is 13.2 Å². The normalized spacial score (nSPS) is 11.4. The van der Waals surface area contributed by atoms with Crippen LogP contribution < -0.4 is 15.2 Å². The zero-order valence-corrected chi connectivity index (χ0v) is 17.1. The van der Waals surface area contributed by atoms with Crippen LogP contribution in [-0.4, -0.2) is 24.2 Å². The van der Waals surface area contributed by atoms with Crippen molar-refractivity contribution in [2.75, 3.05) is 18.1 Å². The maximum Gasteiger partial charge on any atom is 0.420 e. The first-order chi connectivity index (χ1) is 14.3. The van der Waals surface area contributed by atoms with Crippen molar-refractivity contribution >= 4 is 11.7 Å². The Kier molecular flexibility index (Phi) is 8.53. The summed E-state index contributed by atoms with van der Waals surface area (Å²) in [6.45, 7) is 4.94. The van der Waals surface area contributed by atoms with Crippen LogP contribution in [0.2, 0.25) is 0 Å². The third-order valence-corrected chi connectivity index (χ3v) is 4.44. The minimum absolute atomic E-state index is 0.0515. The van der Waals surface area contributed by atoms with E-state index in [1.165, 1.54) is 6.07 Å². The highest BCUT2D eigenvalue weighted by atomic mass is 19.4. The van der Waals surface area contributed by atoms with Crippen LogP contribution in [0.15, 0.2) is 42.5 Å². The number of nitrogens with one attached hydrogen (secondary N) is 1. The number of halogens is 3. The Hall–Kier alpha value is -2.74. The Balaban J connectivity index is 2.64. The number of benzene rings is 2. The lowest BCUT2D eigenvalue weighted by Gasteiger charge is -2.29. The van der Waals surface area contributed by atoms with Crippen molar-refractivity contribution < 1.29 is 27.8 Å². The fourth-order valence-corrected chi connectivity index (χ4v) is 2.85. The molecule has 0 aromatic heterocycles. The molecular formula is C22H27F3N2O3. The number of hydrogen-bond acceptors (Lipinski definition) is 4. The van der Waals surface area contributed by atoms with E-state index in [9.17, 15) is 23.1 Å². The SMILES string of the molecule is CCCCNN(CCCC)c1cc(C(=O)O)cc(C(F)(F)F)c1Oc1ccccc1. The Labute approximate surface area is 174 Å². The van der Waals surface area contributed by atoms with Gasteiger partial charge in [0.25, 0.3) is 0 Å². The van der Waals surface area contributed by atoms with E-state index < -0.39 is 29.0 Å². The summed E-state index contributed by atoms with van der Waals surface area (Å²) in [4.78, 5) is 11.6. The van der Waals surface area contributed by atoms with Crippen molar-refractivity contribution in [1.82, 2.24) is 5.43 Å². The average Bonchev–Trinajstić information content (AvgIpc) is 2.70. The zero-order valence-electron chi connectivity index (χ0n) is 17.1. The number of unbranched alkanes of at least 4 members (excludes halogenated alkanes) is 2. The minimum atomic E-state index is -4.79. The van der Waals surface area contributed by atoms with Gasteiger partial charge >= 0.3 is 12.1 Å². The van der Waals surface area contributed by atoms with Gasteiger partial charge in [-0.15, -0.1) is 0 Å². The van der Waals surface area contributed by atoms with E-state index in [1.807, 2.05) is 13.8 Å². The maximum absolute atomic E-state index is 13.9. The molecule has 2 rings (SSSR count).